The van der Waals surface area contributed by atoms with E-state index < -0.39 is 6.10 Å². The monoisotopic (exact) mass is 271 g/mol. The van der Waals surface area contributed by atoms with Crippen molar-refractivity contribution in [1.29, 1.82) is 0 Å². The number of furan rings is 1. The van der Waals surface area contributed by atoms with E-state index in [1.165, 1.54) is 10.9 Å². The Morgan fingerprint density at radius 1 is 1.60 bits per heavy atom. The Labute approximate surface area is 94.8 Å². The summed E-state index contributed by atoms with van der Waals surface area (Å²) in [5.41, 5.74) is 1.30. The number of halogens is 1. The van der Waals surface area contributed by atoms with Crippen LogP contribution in [-0.2, 0) is 7.05 Å². The minimum atomic E-state index is -0.781. The van der Waals surface area contributed by atoms with Gasteiger partial charge >= 0.3 is 0 Å². The molecule has 2 rings (SSSR count). The highest BCUT2D eigenvalue weighted by Gasteiger charge is 2.20. The summed E-state index contributed by atoms with van der Waals surface area (Å²) in [7, 11) is 1.73. The molecule has 0 aliphatic rings. The fourth-order valence-corrected chi connectivity index (χ4v) is 1.94. The predicted molar refractivity (Wildman–Crippen MR) is 56.2 cm³/mol. The topological polar surface area (TPSA) is 64.1 Å². The van der Waals surface area contributed by atoms with Gasteiger partial charge in [0.15, 0.2) is 4.60 Å². The summed E-state index contributed by atoms with van der Waals surface area (Å²) in [6.45, 7) is 1.83. The first kappa shape index (κ1) is 10.4. The van der Waals surface area contributed by atoms with Crippen LogP contribution in [-0.4, -0.2) is 20.1 Å². The second kappa shape index (κ2) is 3.79. The molecule has 2 heterocycles. The Kier molecular flexibility index (Phi) is 2.62. The predicted octanol–water partition coefficient (Wildman–Crippen LogP) is 1.56. The standard InChI is InChI=1S/C9H10BrN3O2/c1-5-3-6(4-15-5)8(14)7-9(10)11-12-13(7)2/h3-4,8,14H,1-2H3. The van der Waals surface area contributed by atoms with Crippen LogP contribution >= 0.6 is 15.9 Å². The van der Waals surface area contributed by atoms with E-state index in [0.717, 1.165) is 5.76 Å². The molecule has 1 unspecified atom stereocenters. The number of hydrogen-bond donors (Lipinski definition) is 1. The van der Waals surface area contributed by atoms with Crippen LogP contribution in [0.5, 0.6) is 0 Å². The van der Waals surface area contributed by atoms with Crippen LogP contribution in [0.1, 0.15) is 23.1 Å². The van der Waals surface area contributed by atoms with Crippen molar-refractivity contribution in [3.05, 3.63) is 34.0 Å². The van der Waals surface area contributed by atoms with Gasteiger partial charge in [-0.2, -0.15) is 0 Å². The number of nitrogens with zero attached hydrogens (tertiary/aromatic N) is 3. The van der Waals surface area contributed by atoms with Gasteiger partial charge in [-0.05, 0) is 28.9 Å². The molecule has 0 aliphatic heterocycles. The van der Waals surface area contributed by atoms with Crippen LogP contribution in [0.15, 0.2) is 21.3 Å². The average Bonchev–Trinajstić information content (AvgIpc) is 2.73. The van der Waals surface area contributed by atoms with Crippen molar-refractivity contribution < 1.29 is 9.52 Å². The van der Waals surface area contributed by atoms with Gasteiger partial charge in [-0.15, -0.1) is 5.10 Å². The SMILES string of the molecule is Cc1cc(C(O)c2c(Br)nnn2C)co1. The molecule has 15 heavy (non-hydrogen) atoms. The van der Waals surface area contributed by atoms with Crippen molar-refractivity contribution in [2.24, 2.45) is 7.05 Å². The van der Waals surface area contributed by atoms with E-state index in [9.17, 15) is 5.11 Å². The van der Waals surface area contributed by atoms with E-state index >= 15 is 0 Å². The summed E-state index contributed by atoms with van der Waals surface area (Å²) in [5, 5.41) is 17.7. The van der Waals surface area contributed by atoms with E-state index in [1.807, 2.05) is 6.92 Å². The summed E-state index contributed by atoms with van der Waals surface area (Å²) in [5.74, 6) is 0.760. The molecule has 1 N–H and O–H groups in total. The van der Waals surface area contributed by atoms with Crippen molar-refractivity contribution in [3.63, 3.8) is 0 Å². The van der Waals surface area contributed by atoms with Gasteiger partial charge in [0.1, 0.15) is 17.6 Å². The molecule has 2 aromatic rings. The van der Waals surface area contributed by atoms with Crippen molar-refractivity contribution in [2.75, 3.05) is 0 Å². The van der Waals surface area contributed by atoms with Gasteiger partial charge in [-0.1, -0.05) is 5.21 Å². The Bertz CT molecular complexity index is 458. The highest BCUT2D eigenvalue weighted by atomic mass is 79.9. The Balaban J connectivity index is 2.40. The van der Waals surface area contributed by atoms with Crippen LogP contribution in [0, 0.1) is 6.92 Å². The number of aryl methyl sites for hydroxylation is 2. The maximum Gasteiger partial charge on any atom is 0.154 e. The van der Waals surface area contributed by atoms with Gasteiger partial charge in [-0.25, -0.2) is 4.68 Å². The lowest BCUT2D eigenvalue weighted by molar-refractivity contribution is 0.208. The maximum absolute atomic E-state index is 10.1. The molecule has 5 nitrogen and oxygen atoms in total. The van der Waals surface area contributed by atoms with Gasteiger partial charge < -0.3 is 9.52 Å². The molecule has 1 atom stereocenters. The van der Waals surface area contributed by atoms with Crippen molar-refractivity contribution in [3.8, 4) is 0 Å². The number of aliphatic hydroxyl groups is 1. The van der Waals surface area contributed by atoms with Crippen molar-refractivity contribution >= 4 is 15.9 Å². The summed E-state index contributed by atoms with van der Waals surface area (Å²) in [4.78, 5) is 0. The lowest BCUT2D eigenvalue weighted by Gasteiger charge is -2.07. The summed E-state index contributed by atoms with van der Waals surface area (Å²) in [6, 6.07) is 1.78. The minimum absolute atomic E-state index is 0.538. The highest BCUT2D eigenvalue weighted by molar-refractivity contribution is 9.10. The zero-order valence-electron chi connectivity index (χ0n) is 8.31. The van der Waals surface area contributed by atoms with Gasteiger partial charge in [-0.3, -0.25) is 0 Å². The second-order valence-electron chi connectivity index (χ2n) is 3.28. The Hall–Kier alpha value is -1.14. The molecule has 0 aliphatic carbocycles. The zero-order chi connectivity index (χ0) is 11.0. The molecule has 6 heteroatoms. The van der Waals surface area contributed by atoms with Gasteiger partial charge in [0.2, 0.25) is 0 Å². The molecule has 2 aromatic heterocycles. The molecular weight excluding hydrogens is 262 g/mol. The van der Waals surface area contributed by atoms with Crippen LogP contribution in [0.25, 0.3) is 0 Å². The van der Waals surface area contributed by atoms with Crippen molar-refractivity contribution in [1.82, 2.24) is 15.0 Å². The third kappa shape index (κ3) is 1.82. The number of hydrogen-bond acceptors (Lipinski definition) is 4. The van der Waals surface area contributed by atoms with Crippen LogP contribution in [0.3, 0.4) is 0 Å². The van der Waals surface area contributed by atoms with Gasteiger partial charge in [0, 0.05) is 12.6 Å². The molecular formula is C9H10BrN3O2. The zero-order valence-corrected chi connectivity index (χ0v) is 9.89. The van der Waals surface area contributed by atoms with E-state index in [1.54, 1.807) is 13.1 Å². The van der Waals surface area contributed by atoms with Gasteiger partial charge in [0.05, 0.1) is 6.26 Å². The normalized spacial score (nSPS) is 13.1. The van der Waals surface area contributed by atoms with Gasteiger partial charge in [0.25, 0.3) is 0 Å². The first-order valence-corrected chi connectivity index (χ1v) is 5.17. The third-order valence-corrected chi connectivity index (χ3v) is 2.72. The van der Waals surface area contributed by atoms with Crippen LogP contribution in [0.2, 0.25) is 0 Å². The van der Waals surface area contributed by atoms with Crippen LogP contribution < -0.4 is 0 Å². The van der Waals surface area contributed by atoms with E-state index in [4.69, 9.17) is 4.42 Å². The lowest BCUT2D eigenvalue weighted by Crippen LogP contribution is -2.06. The smallest absolute Gasteiger partial charge is 0.154 e. The minimum Gasteiger partial charge on any atom is -0.469 e. The molecule has 0 amide bonds. The van der Waals surface area contributed by atoms with E-state index in [2.05, 4.69) is 26.2 Å². The Morgan fingerprint density at radius 2 is 2.33 bits per heavy atom. The summed E-state index contributed by atoms with van der Waals surface area (Å²) in [6.07, 6.45) is 0.747. The first-order valence-electron chi connectivity index (χ1n) is 4.37. The molecule has 0 aromatic carbocycles. The average molecular weight is 272 g/mol. The number of aliphatic hydroxyl groups excluding tert-OH is 1. The van der Waals surface area contributed by atoms with Crippen molar-refractivity contribution in [2.45, 2.75) is 13.0 Å². The quantitative estimate of drug-likeness (QED) is 0.901. The Morgan fingerprint density at radius 3 is 2.80 bits per heavy atom. The van der Waals surface area contributed by atoms with E-state index in [0.29, 0.717) is 15.9 Å². The summed E-state index contributed by atoms with van der Waals surface area (Å²) < 4.78 is 7.20. The molecule has 0 saturated heterocycles. The fraction of sp³-hybridized carbons (Fsp3) is 0.333. The summed E-state index contributed by atoms with van der Waals surface area (Å²) >= 11 is 3.24. The molecule has 0 bridgehead atoms. The third-order valence-electron chi connectivity index (χ3n) is 2.15. The molecule has 0 saturated carbocycles. The lowest BCUT2D eigenvalue weighted by atomic mass is 10.1. The maximum atomic E-state index is 10.1. The molecule has 0 spiro atoms. The number of rotatable bonds is 2. The fourth-order valence-electron chi connectivity index (χ4n) is 1.39. The highest BCUT2D eigenvalue weighted by Crippen LogP contribution is 2.27. The first-order chi connectivity index (χ1) is 7.09. The largest absolute Gasteiger partial charge is 0.469 e. The van der Waals surface area contributed by atoms with E-state index in [-0.39, 0.29) is 0 Å². The number of aromatic nitrogens is 3. The van der Waals surface area contributed by atoms with Crippen LogP contribution in [0.4, 0.5) is 0 Å². The second-order valence-corrected chi connectivity index (χ2v) is 4.03. The molecule has 80 valence electrons. The molecule has 0 fully saturated rings. The molecule has 0 radical (unpaired) electrons.